The van der Waals surface area contributed by atoms with Gasteiger partial charge in [0.15, 0.2) is 0 Å². The Labute approximate surface area is 118 Å². The largest absolute Gasteiger partial charge is 0.382 e. The number of hydrogen-bond acceptors (Lipinski definition) is 4. The van der Waals surface area contributed by atoms with Crippen LogP contribution in [0.2, 0.25) is 0 Å². The van der Waals surface area contributed by atoms with Crippen LogP contribution in [0, 0.1) is 11.8 Å². The van der Waals surface area contributed by atoms with E-state index < -0.39 is 0 Å². The van der Waals surface area contributed by atoms with Crippen molar-refractivity contribution in [2.75, 3.05) is 53.2 Å². The van der Waals surface area contributed by atoms with Crippen LogP contribution in [-0.4, -0.2) is 53.2 Å². The maximum absolute atomic E-state index is 5.50. The van der Waals surface area contributed by atoms with E-state index in [1.54, 1.807) is 7.11 Å². The number of nitrogens with one attached hydrogen (secondary N) is 1. The summed E-state index contributed by atoms with van der Waals surface area (Å²) in [7, 11) is 1.68. The molecule has 0 amide bonds. The third-order valence-corrected chi connectivity index (χ3v) is 3.92. The standard InChI is InChI=1S/C15H31NO3/c1-14-5-3-4-6-15(14)13-16-7-8-18-11-12-19-10-9-17-2/h14-16H,3-13H2,1-2H3. The SMILES string of the molecule is COCCOCCOCCNCC1CCCCC1C. The Hall–Kier alpha value is -0.160. The Morgan fingerprint density at radius 2 is 1.63 bits per heavy atom. The van der Waals surface area contributed by atoms with Crippen LogP contribution in [0.25, 0.3) is 0 Å². The lowest BCUT2D eigenvalue weighted by Crippen LogP contribution is -2.31. The highest BCUT2D eigenvalue weighted by atomic mass is 16.5. The van der Waals surface area contributed by atoms with Gasteiger partial charge in [-0.3, -0.25) is 0 Å². The van der Waals surface area contributed by atoms with E-state index in [-0.39, 0.29) is 0 Å². The summed E-state index contributed by atoms with van der Waals surface area (Å²) >= 11 is 0. The van der Waals surface area contributed by atoms with Gasteiger partial charge in [0.05, 0.1) is 33.0 Å². The highest BCUT2D eigenvalue weighted by Crippen LogP contribution is 2.28. The molecule has 4 heteroatoms. The minimum absolute atomic E-state index is 0.650. The number of rotatable bonds is 11. The van der Waals surface area contributed by atoms with E-state index in [1.165, 1.54) is 25.7 Å². The molecule has 0 heterocycles. The zero-order valence-electron chi connectivity index (χ0n) is 12.7. The number of methoxy groups -OCH3 is 1. The van der Waals surface area contributed by atoms with Gasteiger partial charge in [-0.1, -0.05) is 26.2 Å². The Kier molecular flexibility index (Phi) is 10.4. The number of hydrogen-bond donors (Lipinski definition) is 1. The van der Waals surface area contributed by atoms with Crippen molar-refractivity contribution < 1.29 is 14.2 Å². The molecule has 1 rings (SSSR count). The Bertz CT molecular complexity index is 202. The maximum atomic E-state index is 5.50. The first kappa shape index (κ1) is 16.9. The Morgan fingerprint density at radius 1 is 0.947 bits per heavy atom. The summed E-state index contributed by atoms with van der Waals surface area (Å²) in [6.45, 7) is 7.89. The highest BCUT2D eigenvalue weighted by Gasteiger charge is 2.20. The van der Waals surface area contributed by atoms with Gasteiger partial charge in [0, 0.05) is 13.7 Å². The van der Waals surface area contributed by atoms with Crippen LogP contribution < -0.4 is 5.32 Å². The monoisotopic (exact) mass is 273 g/mol. The molecule has 0 spiro atoms. The van der Waals surface area contributed by atoms with Crippen molar-refractivity contribution in [3.05, 3.63) is 0 Å². The van der Waals surface area contributed by atoms with Crippen molar-refractivity contribution in [1.29, 1.82) is 0 Å². The fraction of sp³-hybridized carbons (Fsp3) is 1.00. The summed E-state index contributed by atoms with van der Waals surface area (Å²) in [6.07, 6.45) is 5.62. The highest BCUT2D eigenvalue weighted by molar-refractivity contribution is 4.73. The van der Waals surface area contributed by atoms with Gasteiger partial charge in [-0.25, -0.2) is 0 Å². The summed E-state index contributed by atoms with van der Waals surface area (Å²) in [4.78, 5) is 0. The van der Waals surface area contributed by atoms with E-state index in [0.29, 0.717) is 26.4 Å². The van der Waals surface area contributed by atoms with Crippen LogP contribution in [0.15, 0.2) is 0 Å². The molecule has 1 N–H and O–H groups in total. The number of ether oxygens (including phenoxy) is 3. The van der Waals surface area contributed by atoms with Gasteiger partial charge in [-0.05, 0) is 24.8 Å². The molecular weight excluding hydrogens is 242 g/mol. The first-order valence-electron chi connectivity index (χ1n) is 7.69. The molecule has 0 saturated heterocycles. The first-order valence-corrected chi connectivity index (χ1v) is 7.69. The lowest BCUT2D eigenvalue weighted by atomic mass is 9.80. The molecule has 1 aliphatic carbocycles. The first-order chi connectivity index (χ1) is 9.34. The molecule has 0 aromatic heterocycles. The van der Waals surface area contributed by atoms with E-state index in [9.17, 15) is 0 Å². The third-order valence-electron chi connectivity index (χ3n) is 3.92. The minimum atomic E-state index is 0.650. The second-order valence-corrected chi connectivity index (χ2v) is 5.44. The second-order valence-electron chi connectivity index (χ2n) is 5.44. The molecule has 2 atom stereocenters. The quantitative estimate of drug-likeness (QED) is 0.585. The Morgan fingerprint density at radius 3 is 2.37 bits per heavy atom. The zero-order valence-corrected chi connectivity index (χ0v) is 12.7. The van der Waals surface area contributed by atoms with Crippen LogP contribution in [0.5, 0.6) is 0 Å². The van der Waals surface area contributed by atoms with Gasteiger partial charge < -0.3 is 19.5 Å². The van der Waals surface area contributed by atoms with Crippen molar-refractivity contribution in [3.63, 3.8) is 0 Å². The van der Waals surface area contributed by atoms with Gasteiger partial charge in [0.2, 0.25) is 0 Å². The van der Waals surface area contributed by atoms with Crippen LogP contribution in [0.4, 0.5) is 0 Å². The van der Waals surface area contributed by atoms with E-state index >= 15 is 0 Å². The molecule has 0 radical (unpaired) electrons. The summed E-state index contributed by atoms with van der Waals surface area (Å²) in [5.74, 6) is 1.75. The molecule has 0 aromatic carbocycles. The summed E-state index contributed by atoms with van der Waals surface area (Å²) < 4.78 is 15.7. The minimum Gasteiger partial charge on any atom is -0.382 e. The molecule has 0 aliphatic heterocycles. The molecule has 1 aliphatic rings. The average molecular weight is 273 g/mol. The van der Waals surface area contributed by atoms with Crippen molar-refractivity contribution in [2.45, 2.75) is 32.6 Å². The van der Waals surface area contributed by atoms with Gasteiger partial charge in [-0.15, -0.1) is 0 Å². The fourth-order valence-electron chi connectivity index (χ4n) is 2.59. The molecule has 0 aromatic rings. The van der Waals surface area contributed by atoms with Gasteiger partial charge in [0.25, 0.3) is 0 Å². The van der Waals surface area contributed by atoms with Crippen LogP contribution in [0.1, 0.15) is 32.6 Å². The average Bonchev–Trinajstić information content (AvgIpc) is 2.43. The summed E-state index contributed by atoms with van der Waals surface area (Å²) in [6, 6.07) is 0. The Balaban J connectivity index is 1.80. The van der Waals surface area contributed by atoms with Crippen LogP contribution >= 0.6 is 0 Å². The van der Waals surface area contributed by atoms with Crippen LogP contribution in [-0.2, 0) is 14.2 Å². The lowest BCUT2D eigenvalue weighted by Gasteiger charge is -2.28. The molecule has 1 saturated carbocycles. The second kappa shape index (κ2) is 11.6. The van der Waals surface area contributed by atoms with E-state index in [4.69, 9.17) is 14.2 Å². The molecule has 1 fully saturated rings. The summed E-state index contributed by atoms with van der Waals surface area (Å²) in [5.41, 5.74) is 0. The fourth-order valence-corrected chi connectivity index (χ4v) is 2.59. The van der Waals surface area contributed by atoms with E-state index in [1.807, 2.05) is 0 Å². The predicted molar refractivity (Wildman–Crippen MR) is 77.5 cm³/mol. The van der Waals surface area contributed by atoms with Gasteiger partial charge in [-0.2, -0.15) is 0 Å². The molecule has 114 valence electrons. The summed E-state index contributed by atoms with van der Waals surface area (Å²) in [5, 5.41) is 3.51. The zero-order chi connectivity index (χ0) is 13.8. The van der Waals surface area contributed by atoms with Gasteiger partial charge >= 0.3 is 0 Å². The van der Waals surface area contributed by atoms with Crippen molar-refractivity contribution in [1.82, 2.24) is 5.32 Å². The molecule has 4 nitrogen and oxygen atoms in total. The lowest BCUT2D eigenvalue weighted by molar-refractivity contribution is 0.0253. The molecular formula is C15H31NO3. The smallest absolute Gasteiger partial charge is 0.0701 e. The van der Waals surface area contributed by atoms with Crippen molar-refractivity contribution in [2.24, 2.45) is 11.8 Å². The van der Waals surface area contributed by atoms with E-state index in [0.717, 1.165) is 31.5 Å². The molecule has 2 unspecified atom stereocenters. The molecule has 0 bridgehead atoms. The normalized spacial score (nSPS) is 23.7. The molecule has 19 heavy (non-hydrogen) atoms. The van der Waals surface area contributed by atoms with Crippen molar-refractivity contribution >= 4 is 0 Å². The van der Waals surface area contributed by atoms with E-state index in [2.05, 4.69) is 12.2 Å². The predicted octanol–water partition coefficient (Wildman–Crippen LogP) is 2.08. The van der Waals surface area contributed by atoms with Crippen LogP contribution in [0.3, 0.4) is 0 Å². The van der Waals surface area contributed by atoms with Crippen molar-refractivity contribution in [3.8, 4) is 0 Å². The third kappa shape index (κ3) is 8.58. The topological polar surface area (TPSA) is 39.7 Å². The maximum Gasteiger partial charge on any atom is 0.0701 e. The van der Waals surface area contributed by atoms with Gasteiger partial charge in [0.1, 0.15) is 0 Å².